The van der Waals surface area contributed by atoms with Gasteiger partial charge < -0.3 is 10.2 Å². The van der Waals surface area contributed by atoms with Gasteiger partial charge in [0.25, 0.3) is 11.5 Å². The molecule has 2 N–H and O–H groups in total. The van der Waals surface area contributed by atoms with Crippen LogP contribution >= 0.6 is 0 Å². The zero-order valence-electron chi connectivity index (χ0n) is 18.5. The highest BCUT2D eigenvalue weighted by molar-refractivity contribution is 6.05. The number of benzene rings is 1. The normalized spacial score (nSPS) is 11.5. The lowest BCUT2D eigenvalue weighted by Gasteiger charge is -2.19. The van der Waals surface area contributed by atoms with Crippen LogP contribution in [0.5, 0.6) is 0 Å². The number of nitrogens with zero attached hydrogens (tertiary/aromatic N) is 5. The minimum Gasteiger partial charge on any atom is -0.352 e. The fraction of sp³-hybridized carbons (Fsp3) is 0.261. The fourth-order valence-electron chi connectivity index (χ4n) is 3.32. The number of carbonyl (C=O) groups excluding carboxylic acids is 1. The van der Waals surface area contributed by atoms with Gasteiger partial charge in [-0.1, -0.05) is 12.1 Å². The van der Waals surface area contributed by atoms with Crippen molar-refractivity contribution < 1.29 is 4.79 Å². The van der Waals surface area contributed by atoms with Crippen molar-refractivity contribution in [3.8, 4) is 0 Å². The standard InChI is InChI=1S/C23H25N7O2/c1-23(2,3)30-19-18(14-26-30)20(31)28-22(27-19)25-13-15-5-7-17(8-6-15)29(4)21(32)16-9-11-24-12-10-16/h5-12,14H,13H2,1-4H3,(H2,25,27,28,31). The molecule has 0 aliphatic rings. The third kappa shape index (κ3) is 4.22. The minimum absolute atomic E-state index is 0.108. The van der Waals surface area contributed by atoms with Crippen molar-refractivity contribution >= 4 is 28.6 Å². The zero-order chi connectivity index (χ0) is 22.9. The van der Waals surface area contributed by atoms with E-state index in [0.717, 1.165) is 11.3 Å². The molecule has 0 saturated carbocycles. The zero-order valence-corrected chi connectivity index (χ0v) is 18.5. The maximum atomic E-state index is 12.6. The van der Waals surface area contributed by atoms with Gasteiger partial charge >= 0.3 is 0 Å². The van der Waals surface area contributed by atoms with Crippen LogP contribution in [0.4, 0.5) is 11.6 Å². The second-order valence-corrected chi connectivity index (χ2v) is 8.50. The number of aromatic amines is 1. The maximum Gasteiger partial charge on any atom is 0.263 e. The highest BCUT2D eigenvalue weighted by atomic mass is 16.2. The molecule has 164 valence electrons. The molecule has 0 aliphatic heterocycles. The van der Waals surface area contributed by atoms with Crippen LogP contribution in [0.25, 0.3) is 11.0 Å². The second kappa shape index (κ2) is 8.26. The van der Waals surface area contributed by atoms with E-state index in [9.17, 15) is 9.59 Å². The van der Waals surface area contributed by atoms with Gasteiger partial charge in [0.05, 0.1) is 11.7 Å². The first-order chi connectivity index (χ1) is 15.2. The summed E-state index contributed by atoms with van der Waals surface area (Å²) in [5.41, 5.74) is 2.33. The number of H-pyrrole nitrogens is 1. The van der Waals surface area contributed by atoms with Gasteiger partial charge in [-0.25, -0.2) is 4.68 Å². The Morgan fingerprint density at radius 2 is 1.81 bits per heavy atom. The number of aromatic nitrogens is 5. The Balaban J connectivity index is 1.48. The van der Waals surface area contributed by atoms with Gasteiger partial charge in [-0.15, -0.1) is 0 Å². The van der Waals surface area contributed by atoms with Crippen molar-refractivity contribution in [3.05, 3.63) is 76.5 Å². The molecule has 0 aliphatic carbocycles. The lowest BCUT2D eigenvalue weighted by Crippen LogP contribution is -2.26. The molecule has 0 unspecified atom stereocenters. The van der Waals surface area contributed by atoms with Gasteiger partial charge in [-0.3, -0.25) is 19.6 Å². The van der Waals surface area contributed by atoms with Gasteiger partial charge in [-0.05, 0) is 50.6 Å². The lowest BCUT2D eigenvalue weighted by atomic mass is 10.1. The molecule has 3 aromatic heterocycles. The summed E-state index contributed by atoms with van der Waals surface area (Å²) in [4.78, 5) is 37.9. The fourth-order valence-corrected chi connectivity index (χ4v) is 3.32. The predicted molar refractivity (Wildman–Crippen MR) is 124 cm³/mol. The number of fused-ring (bicyclic) bond motifs is 1. The summed E-state index contributed by atoms with van der Waals surface area (Å²) in [7, 11) is 1.73. The molecule has 32 heavy (non-hydrogen) atoms. The number of hydrogen-bond donors (Lipinski definition) is 2. The molecule has 0 radical (unpaired) electrons. The molecule has 4 aromatic rings. The summed E-state index contributed by atoms with van der Waals surface area (Å²) < 4.78 is 1.74. The highest BCUT2D eigenvalue weighted by Gasteiger charge is 2.20. The molecule has 0 saturated heterocycles. The van der Waals surface area contributed by atoms with Crippen LogP contribution in [0, 0.1) is 0 Å². The first kappa shape index (κ1) is 21.2. The molecule has 0 spiro atoms. The molecule has 1 aromatic carbocycles. The summed E-state index contributed by atoms with van der Waals surface area (Å²) in [5.74, 6) is 0.270. The lowest BCUT2D eigenvalue weighted by molar-refractivity contribution is 0.0993. The van der Waals surface area contributed by atoms with E-state index in [1.54, 1.807) is 47.4 Å². The van der Waals surface area contributed by atoms with E-state index >= 15 is 0 Å². The van der Waals surface area contributed by atoms with E-state index in [1.165, 1.54) is 0 Å². The molecule has 9 nitrogen and oxygen atoms in total. The number of pyridine rings is 1. The van der Waals surface area contributed by atoms with E-state index in [-0.39, 0.29) is 17.0 Å². The van der Waals surface area contributed by atoms with Crippen LogP contribution in [0.15, 0.2) is 59.8 Å². The first-order valence-electron chi connectivity index (χ1n) is 10.2. The topological polar surface area (TPSA) is 109 Å². The Morgan fingerprint density at radius 1 is 1.12 bits per heavy atom. The summed E-state index contributed by atoms with van der Waals surface area (Å²) in [5, 5.41) is 7.94. The summed E-state index contributed by atoms with van der Waals surface area (Å²) in [6, 6.07) is 11.0. The van der Waals surface area contributed by atoms with Crippen molar-refractivity contribution in [1.82, 2.24) is 24.7 Å². The number of hydrogen-bond acceptors (Lipinski definition) is 6. The Labute approximate surface area is 185 Å². The average Bonchev–Trinajstić information content (AvgIpc) is 3.23. The van der Waals surface area contributed by atoms with Crippen molar-refractivity contribution in [2.75, 3.05) is 17.3 Å². The maximum absolute atomic E-state index is 12.6. The summed E-state index contributed by atoms with van der Waals surface area (Å²) in [6.45, 7) is 6.48. The van der Waals surface area contributed by atoms with Crippen molar-refractivity contribution in [3.63, 3.8) is 0 Å². The quantitative estimate of drug-likeness (QED) is 0.502. The largest absolute Gasteiger partial charge is 0.352 e. The summed E-state index contributed by atoms with van der Waals surface area (Å²) >= 11 is 0. The smallest absolute Gasteiger partial charge is 0.263 e. The third-order valence-corrected chi connectivity index (χ3v) is 5.09. The Hall–Kier alpha value is -4.01. The monoisotopic (exact) mass is 431 g/mol. The number of rotatable bonds is 5. The highest BCUT2D eigenvalue weighted by Crippen LogP contribution is 2.20. The van der Waals surface area contributed by atoms with E-state index in [0.29, 0.717) is 29.1 Å². The van der Waals surface area contributed by atoms with Gasteiger partial charge in [-0.2, -0.15) is 10.1 Å². The van der Waals surface area contributed by atoms with Crippen LogP contribution in [-0.4, -0.2) is 37.7 Å². The van der Waals surface area contributed by atoms with Crippen LogP contribution in [0.1, 0.15) is 36.7 Å². The van der Waals surface area contributed by atoms with E-state index in [4.69, 9.17) is 0 Å². The molecule has 0 fully saturated rings. The van der Waals surface area contributed by atoms with Crippen molar-refractivity contribution in [2.45, 2.75) is 32.9 Å². The summed E-state index contributed by atoms with van der Waals surface area (Å²) in [6.07, 6.45) is 4.73. The Kier molecular flexibility index (Phi) is 5.48. The molecule has 3 heterocycles. The molecule has 9 heteroatoms. The SMILES string of the molecule is CN(C(=O)c1ccncc1)c1ccc(CNc2nc3c(cnn3C(C)(C)C)c(=O)[nH]2)cc1. The van der Waals surface area contributed by atoms with Crippen molar-refractivity contribution in [1.29, 1.82) is 0 Å². The third-order valence-electron chi connectivity index (χ3n) is 5.09. The predicted octanol–water partition coefficient (Wildman–Crippen LogP) is 3.16. The molecular weight excluding hydrogens is 406 g/mol. The number of nitrogens with one attached hydrogen (secondary N) is 2. The molecule has 0 atom stereocenters. The van der Waals surface area contributed by atoms with Crippen molar-refractivity contribution in [2.24, 2.45) is 0 Å². The molecule has 1 amide bonds. The average molecular weight is 432 g/mol. The number of anilines is 2. The van der Waals surface area contributed by atoms with E-state index < -0.39 is 0 Å². The van der Waals surface area contributed by atoms with Gasteiger partial charge in [0, 0.05) is 37.2 Å². The van der Waals surface area contributed by atoms with E-state index in [1.807, 2.05) is 45.0 Å². The Morgan fingerprint density at radius 3 is 2.47 bits per heavy atom. The molecular formula is C23H25N7O2. The van der Waals surface area contributed by atoms with E-state index in [2.05, 4.69) is 25.4 Å². The number of carbonyl (C=O) groups is 1. The Bertz CT molecular complexity index is 1300. The van der Waals surface area contributed by atoms with Crippen LogP contribution in [-0.2, 0) is 12.1 Å². The van der Waals surface area contributed by atoms with Gasteiger partial charge in [0.2, 0.25) is 5.95 Å². The van der Waals surface area contributed by atoms with Crippen LogP contribution in [0.2, 0.25) is 0 Å². The second-order valence-electron chi connectivity index (χ2n) is 8.50. The molecule has 4 rings (SSSR count). The van der Waals surface area contributed by atoms with Crippen LogP contribution in [0.3, 0.4) is 0 Å². The minimum atomic E-state index is -0.296. The first-order valence-corrected chi connectivity index (χ1v) is 10.2. The number of amides is 1. The molecule has 0 bridgehead atoms. The van der Waals surface area contributed by atoms with Gasteiger partial charge in [0.15, 0.2) is 5.65 Å². The van der Waals surface area contributed by atoms with Crippen LogP contribution < -0.4 is 15.8 Å². The van der Waals surface area contributed by atoms with Gasteiger partial charge in [0.1, 0.15) is 5.39 Å².